The number of benzene rings is 18. The van der Waals surface area contributed by atoms with Gasteiger partial charge in [-0.3, -0.25) is 0 Å². The summed E-state index contributed by atoms with van der Waals surface area (Å²) in [7, 11) is 0. The maximum atomic E-state index is 6.72. The van der Waals surface area contributed by atoms with Gasteiger partial charge in [0, 0.05) is 81.4 Å². The molecular weight excluding hydrogens is 1290 g/mol. The first kappa shape index (κ1) is 58.4. The molecule has 6 heterocycles. The number of hydrogen-bond acceptors (Lipinski definition) is 2. The van der Waals surface area contributed by atoms with Gasteiger partial charge in [-0.1, -0.05) is 231 Å². The summed E-state index contributed by atoms with van der Waals surface area (Å²) in [6.07, 6.45) is 0. The van der Waals surface area contributed by atoms with Crippen molar-refractivity contribution in [3.05, 3.63) is 364 Å². The third-order valence-corrected chi connectivity index (χ3v) is 22.6. The average Bonchev–Trinajstić information content (AvgIpc) is 1.56. The second-order valence-corrected chi connectivity index (χ2v) is 28.2. The summed E-state index contributed by atoms with van der Waals surface area (Å²) in [5.41, 5.74) is 22.5. The maximum Gasteiger partial charge on any atom is 0.145 e. The van der Waals surface area contributed by atoms with Crippen molar-refractivity contribution in [2.24, 2.45) is 0 Å². The number of rotatable bonds is 6. The molecule has 24 aromatic rings. The molecule has 0 aliphatic rings. The predicted octanol–water partition coefficient (Wildman–Crippen LogP) is 27.5. The highest BCUT2D eigenvalue weighted by Crippen LogP contribution is 2.47. The molecule has 0 saturated carbocycles. The van der Waals surface area contributed by atoms with Crippen LogP contribution in [0.5, 0.6) is 0 Å². The fourth-order valence-corrected chi connectivity index (χ4v) is 17.8. The Morgan fingerprint density at radius 3 is 1.08 bits per heavy atom. The Kier molecular flexibility index (Phi) is 12.5. The number of nitrogens with zero attached hydrogens (tertiary/aromatic N) is 4. The molecule has 18 aromatic carbocycles. The summed E-state index contributed by atoms with van der Waals surface area (Å²) in [6.45, 7) is 0. The first-order valence-electron chi connectivity index (χ1n) is 36.4. The van der Waals surface area contributed by atoms with Gasteiger partial charge < -0.3 is 27.1 Å². The number of hydrogen-bond donors (Lipinski definition) is 0. The molecule has 0 N–H and O–H groups in total. The normalized spacial score (nSPS) is 12.2. The maximum absolute atomic E-state index is 6.72. The van der Waals surface area contributed by atoms with E-state index in [2.05, 4.69) is 370 Å². The average molecular weight is 1350 g/mol. The molecule has 0 bridgehead atoms. The molecule has 0 aliphatic carbocycles. The van der Waals surface area contributed by atoms with Gasteiger partial charge in [-0.2, -0.15) is 0 Å². The number of fused-ring (bicyclic) bond motifs is 24. The summed E-state index contributed by atoms with van der Waals surface area (Å²) in [5.74, 6) is 0. The van der Waals surface area contributed by atoms with E-state index in [1.54, 1.807) is 0 Å². The Hall–Kier alpha value is -14.2. The van der Waals surface area contributed by atoms with Crippen LogP contribution in [0.4, 0.5) is 0 Å². The summed E-state index contributed by atoms with van der Waals surface area (Å²) in [4.78, 5) is 0. The fourth-order valence-electron chi connectivity index (χ4n) is 17.8. The number of furan rings is 2. The van der Waals surface area contributed by atoms with Gasteiger partial charge in [0.15, 0.2) is 0 Å². The molecule has 492 valence electrons. The van der Waals surface area contributed by atoms with Crippen molar-refractivity contribution in [1.29, 1.82) is 0 Å². The van der Waals surface area contributed by atoms with Crippen molar-refractivity contribution >= 4 is 174 Å². The van der Waals surface area contributed by atoms with Crippen LogP contribution in [0.15, 0.2) is 373 Å². The Balaban J connectivity index is 0.000000129. The standard InChI is InChI=1S/2C50H30N2O/c1-2-12-33-28-36(23-20-31(33)10-1)51-44-17-7-5-15-38(44)41-29-34(21-25-45(41)51)35-22-26-46-42(30-35)49-47(27-24-40-39-16-6-8-19-48(39)53-50(40)49)52(46)43-18-9-13-32-11-3-4-14-37(32)43;1-2-12-33-28-36(23-20-31(33)10-1)51-43-17-7-5-15-38(43)40-29-34(21-24-44(40)51)35-22-25-45-41(30-35)49-46(26-27-48-50(49)39-16-6-8-19-47(39)53-48)52(45)42-18-9-13-32-11-3-4-14-37(32)42/h2*1-30H. The van der Waals surface area contributed by atoms with Gasteiger partial charge in [-0.15, -0.1) is 0 Å². The van der Waals surface area contributed by atoms with Crippen LogP contribution in [0.25, 0.3) is 219 Å². The molecule has 6 nitrogen and oxygen atoms in total. The third-order valence-electron chi connectivity index (χ3n) is 22.6. The van der Waals surface area contributed by atoms with E-state index >= 15 is 0 Å². The molecule has 0 fully saturated rings. The molecule has 6 heteroatoms. The summed E-state index contributed by atoms with van der Waals surface area (Å²) < 4.78 is 22.8. The van der Waals surface area contributed by atoms with E-state index in [1.165, 1.54) is 153 Å². The van der Waals surface area contributed by atoms with Gasteiger partial charge in [-0.05, 0) is 188 Å². The lowest BCUT2D eigenvalue weighted by Crippen LogP contribution is -1.95. The lowest BCUT2D eigenvalue weighted by molar-refractivity contribution is 0.669. The molecule has 0 atom stereocenters. The zero-order valence-electron chi connectivity index (χ0n) is 57.2. The van der Waals surface area contributed by atoms with Crippen molar-refractivity contribution < 1.29 is 8.83 Å². The lowest BCUT2D eigenvalue weighted by atomic mass is 9.99. The van der Waals surface area contributed by atoms with Gasteiger partial charge in [-0.25, -0.2) is 0 Å². The quantitative estimate of drug-likeness (QED) is 0.167. The van der Waals surface area contributed by atoms with Crippen molar-refractivity contribution in [3.63, 3.8) is 0 Å². The molecular formula is C100H60N4O2. The fraction of sp³-hybridized carbons (Fsp3) is 0. The van der Waals surface area contributed by atoms with Gasteiger partial charge in [0.2, 0.25) is 0 Å². The highest BCUT2D eigenvalue weighted by molar-refractivity contribution is 6.29. The Labute approximate surface area is 606 Å². The van der Waals surface area contributed by atoms with E-state index in [9.17, 15) is 0 Å². The molecule has 0 radical (unpaired) electrons. The number of para-hydroxylation sites is 4. The largest absolute Gasteiger partial charge is 0.456 e. The minimum absolute atomic E-state index is 0.906. The summed E-state index contributed by atoms with van der Waals surface area (Å²) in [5, 5.41) is 24.1. The minimum atomic E-state index is 0.906. The zero-order valence-corrected chi connectivity index (χ0v) is 57.2. The summed E-state index contributed by atoms with van der Waals surface area (Å²) >= 11 is 0. The van der Waals surface area contributed by atoms with Crippen LogP contribution in [0.2, 0.25) is 0 Å². The molecule has 0 amide bonds. The number of aromatic nitrogens is 4. The van der Waals surface area contributed by atoms with Crippen LogP contribution in [0.1, 0.15) is 0 Å². The molecule has 0 spiro atoms. The van der Waals surface area contributed by atoms with E-state index < -0.39 is 0 Å². The summed E-state index contributed by atoms with van der Waals surface area (Å²) in [6, 6.07) is 132. The van der Waals surface area contributed by atoms with Crippen molar-refractivity contribution in [2.75, 3.05) is 0 Å². The monoisotopic (exact) mass is 1350 g/mol. The Morgan fingerprint density at radius 1 is 0.170 bits per heavy atom. The van der Waals surface area contributed by atoms with Crippen LogP contribution in [0, 0.1) is 0 Å². The molecule has 0 unspecified atom stereocenters. The molecule has 0 aliphatic heterocycles. The van der Waals surface area contributed by atoms with Gasteiger partial charge in [0.1, 0.15) is 22.3 Å². The Morgan fingerprint density at radius 2 is 0.547 bits per heavy atom. The second kappa shape index (κ2) is 22.6. The van der Waals surface area contributed by atoms with E-state index in [0.717, 1.165) is 66.0 Å². The highest BCUT2D eigenvalue weighted by atomic mass is 16.3. The predicted molar refractivity (Wildman–Crippen MR) is 446 cm³/mol. The van der Waals surface area contributed by atoms with E-state index in [-0.39, 0.29) is 0 Å². The van der Waals surface area contributed by atoms with Crippen molar-refractivity contribution in [3.8, 4) is 45.0 Å². The van der Waals surface area contributed by atoms with Crippen LogP contribution in [-0.4, -0.2) is 18.3 Å². The molecule has 24 rings (SSSR count). The Bertz CT molecular complexity index is 7840. The van der Waals surface area contributed by atoms with E-state index in [4.69, 9.17) is 8.83 Å². The van der Waals surface area contributed by atoms with Crippen LogP contribution < -0.4 is 0 Å². The van der Waals surface area contributed by atoms with E-state index in [1.807, 2.05) is 12.1 Å². The lowest BCUT2D eigenvalue weighted by Gasteiger charge is -2.12. The van der Waals surface area contributed by atoms with Gasteiger partial charge in [0.25, 0.3) is 0 Å². The third kappa shape index (κ3) is 8.67. The van der Waals surface area contributed by atoms with E-state index in [0.29, 0.717) is 0 Å². The first-order chi connectivity index (χ1) is 52.6. The first-order valence-corrected chi connectivity index (χ1v) is 36.4. The minimum Gasteiger partial charge on any atom is -0.456 e. The zero-order chi connectivity index (χ0) is 69.2. The van der Waals surface area contributed by atoms with Crippen LogP contribution in [0.3, 0.4) is 0 Å². The van der Waals surface area contributed by atoms with Gasteiger partial charge >= 0.3 is 0 Å². The van der Waals surface area contributed by atoms with Crippen molar-refractivity contribution in [2.45, 2.75) is 0 Å². The van der Waals surface area contributed by atoms with Crippen LogP contribution in [-0.2, 0) is 0 Å². The smallest absolute Gasteiger partial charge is 0.145 e. The van der Waals surface area contributed by atoms with Gasteiger partial charge in [0.05, 0.1) is 60.9 Å². The molecule has 106 heavy (non-hydrogen) atoms. The SMILES string of the molecule is c1ccc2cc(-n3c4ccccc4c4cc(-c5ccc6c(c5)c5c7c(ccc5n6-c5cccc6ccccc56)oc5ccccc57)ccc43)ccc2c1.c1ccc2cc(-n3c4ccccc4c4cc(-c5ccc6c(c5)c5c7oc8ccccc8c7ccc5n6-c5cccc6ccccc56)ccc43)ccc2c1. The molecule has 6 aromatic heterocycles. The molecule has 0 saturated heterocycles. The van der Waals surface area contributed by atoms with Crippen LogP contribution >= 0.6 is 0 Å². The highest BCUT2D eigenvalue weighted by Gasteiger charge is 2.25. The second-order valence-electron chi connectivity index (χ2n) is 28.2. The topological polar surface area (TPSA) is 46.0 Å². The van der Waals surface area contributed by atoms with Crippen molar-refractivity contribution in [1.82, 2.24) is 18.3 Å².